The number of aryl methyl sites for hydroxylation is 1. The van der Waals surface area contributed by atoms with Gasteiger partial charge in [-0.3, -0.25) is 4.68 Å². The van der Waals surface area contributed by atoms with Crippen LogP contribution in [0.25, 0.3) is 0 Å². The fourth-order valence-electron chi connectivity index (χ4n) is 1.66. The minimum Gasteiger partial charge on any atom is -0.354 e. The number of hydrogen-bond donors (Lipinski definition) is 1. The fourth-order valence-corrected chi connectivity index (χ4v) is 1.66. The van der Waals surface area contributed by atoms with Crippen molar-refractivity contribution < 1.29 is 9.47 Å². The number of ether oxygens (including phenoxy) is 2. The van der Waals surface area contributed by atoms with E-state index in [9.17, 15) is 0 Å². The van der Waals surface area contributed by atoms with Crippen molar-refractivity contribution in [2.24, 2.45) is 0 Å². The van der Waals surface area contributed by atoms with Crippen LogP contribution in [0.1, 0.15) is 19.5 Å². The highest BCUT2D eigenvalue weighted by Crippen LogP contribution is 2.02. The number of nitrogens with zero attached hydrogens (tertiary/aromatic N) is 2. The lowest BCUT2D eigenvalue weighted by Gasteiger charge is -2.22. The molecule has 1 aromatic rings. The number of hydrogen-bond acceptors (Lipinski definition) is 4. The van der Waals surface area contributed by atoms with E-state index in [0.717, 1.165) is 13.1 Å². The van der Waals surface area contributed by atoms with Crippen molar-refractivity contribution in [2.45, 2.75) is 39.3 Å². The summed E-state index contributed by atoms with van der Waals surface area (Å²) in [6.45, 7) is 5.76. The highest BCUT2D eigenvalue weighted by Gasteiger charge is 2.15. The topological polar surface area (TPSA) is 48.3 Å². The molecule has 1 aromatic heterocycles. The van der Waals surface area contributed by atoms with Gasteiger partial charge in [-0.15, -0.1) is 0 Å². The van der Waals surface area contributed by atoms with Gasteiger partial charge in [0.15, 0.2) is 6.29 Å². The van der Waals surface area contributed by atoms with E-state index in [1.54, 1.807) is 14.2 Å². The molecule has 16 heavy (non-hydrogen) atoms. The fraction of sp³-hybridized carbons (Fsp3) is 0.727. The van der Waals surface area contributed by atoms with E-state index in [0.29, 0.717) is 0 Å². The van der Waals surface area contributed by atoms with Gasteiger partial charge in [0.25, 0.3) is 0 Å². The molecular weight excluding hydrogens is 206 g/mol. The summed E-state index contributed by atoms with van der Waals surface area (Å²) in [5, 5.41) is 7.56. The Hall–Kier alpha value is -0.910. The Balaban J connectivity index is 2.45. The van der Waals surface area contributed by atoms with Crippen LogP contribution in [0.4, 0.5) is 0 Å². The van der Waals surface area contributed by atoms with E-state index in [1.165, 1.54) is 5.69 Å². The third-order valence-corrected chi connectivity index (χ3v) is 2.58. The Morgan fingerprint density at radius 1 is 1.44 bits per heavy atom. The van der Waals surface area contributed by atoms with E-state index in [2.05, 4.69) is 17.3 Å². The average molecular weight is 227 g/mol. The third kappa shape index (κ3) is 3.30. The molecule has 1 N–H and O–H groups in total. The molecule has 0 spiro atoms. The molecular formula is C11H21N3O2. The van der Waals surface area contributed by atoms with Crippen molar-refractivity contribution in [3.8, 4) is 0 Å². The van der Waals surface area contributed by atoms with Crippen LogP contribution in [0.2, 0.25) is 0 Å². The van der Waals surface area contributed by atoms with E-state index in [4.69, 9.17) is 9.47 Å². The highest BCUT2D eigenvalue weighted by atomic mass is 16.7. The number of aromatic nitrogens is 2. The first-order chi connectivity index (χ1) is 7.72. The minimum absolute atomic E-state index is 0.134. The maximum Gasteiger partial charge on any atom is 0.171 e. The summed E-state index contributed by atoms with van der Waals surface area (Å²) in [5.41, 5.74) is 1.17. The maximum absolute atomic E-state index is 5.18. The summed E-state index contributed by atoms with van der Waals surface area (Å²) < 4.78 is 12.3. The molecule has 0 aliphatic carbocycles. The standard InChI is InChI=1S/C11H21N3O2/c1-5-14-10(6-7-13-14)8-12-9(2)11(15-3)16-4/h6-7,9,11-12H,5,8H2,1-4H3. The lowest BCUT2D eigenvalue weighted by atomic mass is 10.3. The number of methoxy groups -OCH3 is 2. The van der Waals surface area contributed by atoms with E-state index < -0.39 is 0 Å². The smallest absolute Gasteiger partial charge is 0.171 e. The number of rotatable bonds is 7. The third-order valence-electron chi connectivity index (χ3n) is 2.58. The molecule has 0 amide bonds. The Kier molecular flexibility index (Phi) is 5.45. The van der Waals surface area contributed by atoms with Crippen molar-refractivity contribution >= 4 is 0 Å². The predicted molar refractivity (Wildman–Crippen MR) is 62.0 cm³/mol. The zero-order chi connectivity index (χ0) is 12.0. The van der Waals surface area contributed by atoms with Gasteiger partial charge >= 0.3 is 0 Å². The van der Waals surface area contributed by atoms with E-state index in [1.807, 2.05) is 23.9 Å². The molecule has 0 radical (unpaired) electrons. The van der Waals surface area contributed by atoms with Crippen molar-refractivity contribution in [3.05, 3.63) is 18.0 Å². The van der Waals surface area contributed by atoms with Gasteiger partial charge in [0.05, 0.1) is 11.7 Å². The second-order valence-electron chi connectivity index (χ2n) is 3.65. The zero-order valence-electron chi connectivity index (χ0n) is 10.4. The SMILES string of the molecule is CCn1nccc1CNC(C)C(OC)OC. The lowest BCUT2D eigenvalue weighted by Crippen LogP contribution is -2.39. The number of nitrogens with one attached hydrogen (secondary N) is 1. The molecule has 0 saturated heterocycles. The van der Waals surface area contributed by atoms with Crippen LogP contribution < -0.4 is 5.32 Å². The van der Waals surface area contributed by atoms with Crippen molar-refractivity contribution in [1.82, 2.24) is 15.1 Å². The molecule has 1 atom stereocenters. The molecule has 0 fully saturated rings. The van der Waals surface area contributed by atoms with Crippen LogP contribution in [0.15, 0.2) is 12.3 Å². The van der Waals surface area contributed by atoms with Crippen LogP contribution >= 0.6 is 0 Å². The molecule has 1 rings (SSSR count). The molecule has 1 heterocycles. The summed E-state index contributed by atoms with van der Waals surface area (Å²) in [6.07, 6.45) is 1.59. The molecule has 0 bridgehead atoms. The van der Waals surface area contributed by atoms with Gasteiger partial charge in [0, 0.05) is 33.5 Å². The van der Waals surface area contributed by atoms with Gasteiger partial charge in [-0.1, -0.05) is 0 Å². The Morgan fingerprint density at radius 2 is 2.12 bits per heavy atom. The molecule has 0 aromatic carbocycles. The van der Waals surface area contributed by atoms with E-state index >= 15 is 0 Å². The van der Waals surface area contributed by atoms with Crippen LogP contribution in [0, 0.1) is 0 Å². The Bertz CT molecular complexity index is 297. The average Bonchev–Trinajstić information content (AvgIpc) is 2.75. The molecule has 1 unspecified atom stereocenters. The van der Waals surface area contributed by atoms with Gasteiger partial charge in [0.2, 0.25) is 0 Å². The van der Waals surface area contributed by atoms with Gasteiger partial charge in [-0.05, 0) is 19.9 Å². The molecule has 0 aliphatic rings. The van der Waals surface area contributed by atoms with Gasteiger partial charge in [0.1, 0.15) is 0 Å². The predicted octanol–water partition coefficient (Wildman–Crippen LogP) is 1.000. The molecule has 5 heteroatoms. The normalized spacial score (nSPS) is 13.3. The van der Waals surface area contributed by atoms with Crippen molar-refractivity contribution in [3.63, 3.8) is 0 Å². The first kappa shape index (κ1) is 13.2. The van der Waals surface area contributed by atoms with Gasteiger partial charge < -0.3 is 14.8 Å². The summed E-state index contributed by atoms with van der Waals surface area (Å²) >= 11 is 0. The molecule has 0 aliphatic heterocycles. The minimum atomic E-state index is -0.224. The van der Waals surface area contributed by atoms with Crippen LogP contribution in [-0.2, 0) is 22.6 Å². The summed E-state index contributed by atoms with van der Waals surface area (Å²) in [4.78, 5) is 0. The zero-order valence-corrected chi connectivity index (χ0v) is 10.4. The summed E-state index contributed by atoms with van der Waals surface area (Å²) in [6, 6.07) is 2.15. The quantitative estimate of drug-likeness (QED) is 0.706. The van der Waals surface area contributed by atoms with Crippen molar-refractivity contribution in [1.29, 1.82) is 0 Å². The lowest BCUT2D eigenvalue weighted by molar-refractivity contribution is -0.119. The van der Waals surface area contributed by atoms with E-state index in [-0.39, 0.29) is 12.3 Å². The summed E-state index contributed by atoms with van der Waals surface area (Å²) in [5.74, 6) is 0. The Labute approximate surface area is 96.7 Å². The highest BCUT2D eigenvalue weighted by molar-refractivity contribution is 5.00. The van der Waals surface area contributed by atoms with Gasteiger partial charge in [-0.2, -0.15) is 5.10 Å². The van der Waals surface area contributed by atoms with Crippen LogP contribution in [0.3, 0.4) is 0 Å². The monoisotopic (exact) mass is 227 g/mol. The van der Waals surface area contributed by atoms with Gasteiger partial charge in [-0.25, -0.2) is 0 Å². The maximum atomic E-state index is 5.18. The second kappa shape index (κ2) is 6.62. The van der Waals surface area contributed by atoms with Crippen LogP contribution in [-0.4, -0.2) is 36.3 Å². The largest absolute Gasteiger partial charge is 0.354 e. The Morgan fingerprint density at radius 3 is 2.69 bits per heavy atom. The first-order valence-electron chi connectivity index (χ1n) is 5.52. The summed E-state index contributed by atoms with van der Waals surface area (Å²) in [7, 11) is 3.28. The van der Waals surface area contributed by atoms with Crippen LogP contribution in [0.5, 0.6) is 0 Å². The van der Waals surface area contributed by atoms with Crippen molar-refractivity contribution in [2.75, 3.05) is 14.2 Å². The first-order valence-corrected chi connectivity index (χ1v) is 5.52. The second-order valence-corrected chi connectivity index (χ2v) is 3.65. The molecule has 92 valence electrons. The molecule has 5 nitrogen and oxygen atoms in total. The molecule has 0 saturated carbocycles.